The first-order valence-electron chi connectivity index (χ1n) is 5.57. The lowest BCUT2D eigenvalue weighted by atomic mass is 10.2. The molecule has 2 aromatic heterocycles. The van der Waals surface area contributed by atoms with Crippen LogP contribution in [0.4, 0.5) is 0 Å². The smallest absolute Gasteiger partial charge is 0.247 e. The summed E-state index contributed by atoms with van der Waals surface area (Å²) in [6, 6.07) is 4.24. The van der Waals surface area contributed by atoms with Crippen molar-refractivity contribution in [1.29, 1.82) is 0 Å². The van der Waals surface area contributed by atoms with Gasteiger partial charge in [0.25, 0.3) is 0 Å². The van der Waals surface area contributed by atoms with E-state index < -0.39 is 10.0 Å². The van der Waals surface area contributed by atoms with Gasteiger partial charge in [-0.3, -0.25) is 9.78 Å². The van der Waals surface area contributed by atoms with Crippen molar-refractivity contribution in [3.05, 3.63) is 58.3 Å². The third-order valence-electron chi connectivity index (χ3n) is 2.67. The SMILES string of the molecule is Cc1ccncc1CNS(=O)(=O)c1ccc(=O)[nH]c1. The highest BCUT2D eigenvalue weighted by Crippen LogP contribution is 2.08. The van der Waals surface area contributed by atoms with E-state index in [9.17, 15) is 13.2 Å². The standard InChI is InChI=1S/C12H13N3O3S/c1-9-4-5-13-6-10(9)7-15-19(17,18)11-2-3-12(16)14-8-11/h2-6,8,15H,7H2,1H3,(H,14,16). The summed E-state index contributed by atoms with van der Waals surface area (Å²) in [6.45, 7) is 2.03. The number of nitrogens with zero attached hydrogens (tertiary/aromatic N) is 1. The van der Waals surface area contributed by atoms with Gasteiger partial charge in [0, 0.05) is 31.2 Å². The van der Waals surface area contributed by atoms with Crippen LogP contribution < -0.4 is 10.3 Å². The first-order valence-corrected chi connectivity index (χ1v) is 7.05. The topological polar surface area (TPSA) is 91.9 Å². The average Bonchev–Trinajstić information content (AvgIpc) is 2.38. The molecular formula is C12H13N3O3S. The monoisotopic (exact) mass is 279 g/mol. The molecule has 2 rings (SSSR count). The van der Waals surface area contributed by atoms with Crippen LogP contribution >= 0.6 is 0 Å². The van der Waals surface area contributed by atoms with Crippen molar-refractivity contribution in [2.75, 3.05) is 0 Å². The maximum atomic E-state index is 12.0. The molecule has 0 unspecified atom stereocenters. The number of H-pyrrole nitrogens is 1. The fourth-order valence-electron chi connectivity index (χ4n) is 1.50. The highest BCUT2D eigenvalue weighted by molar-refractivity contribution is 7.89. The molecule has 0 aliphatic rings. The second-order valence-electron chi connectivity index (χ2n) is 4.02. The zero-order valence-electron chi connectivity index (χ0n) is 10.3. The molecule has 0 saturated carbocycles. The number of hydrogen-bond acceptors (Lipinski definition) is 4. The van der Waals surface area contributed by atoms with Gasteiger partial charge in [0.15, 0.2) is 0 Å². The Bertz CT molecular complexity index is 717. The summed E-state index contributed by atoms with van der Waals surface area (Å²) >= 11 is 0. The number of rotatable bonds is 4. The zero-order chi connectivity index (χ0) is 13.9. The van der Waals surface area contributed by atoms with Gasteiger partial charge < -0.3 is 4.98 Å². The van der Waals surface area contributed by atoms with Crippen LogP contribution in [0.5, 0.6) is 0 Å². The maximum absolute atomic E-state index is 12.0. The lowest BCUT2D eigenvalue weighted by Gasteiger charge is -2.08. The molecule has 0 aliphatic carbocycles. The van der Waals surface area contributed by atoms with E-state index in [0.717, 1.165) is 11.1 Å². The molecule has 0 amide bonds. The van der Waals surface area contributed by atoms with Gasteiger partial charge in [-0.2, -0.15) is 0 Å². The number of aromatic amines is 1. The molecule has 0 saturated heterocycles. The average molecular weight is 279 g/mol. The quantitative estimate of drug-likeness (QED) is 0.855. The minimum Gasteiger partial charge on any atom is -0.328 e. The number of aryl methyl sites for hydroxylation is 1. The van der Waals surface area contributed by atoms with Gasteiger partial charge >= 0.3 is 0 Å². The summed E-state index contributed by atoms with van der Waals surface area (Å²) in [6.07, 6.45) is 4.43. The van der Waals surface area contributed by atoms with E-state index in [-0.39, 0.29) is 17.0 Å². The number of sulfonamides is 1. The van der Waals surface area contributed by atoms with E-state index in [1.54, 1.807) is 12.4 Å². The Labute approximate surface area is 110 Å². The fraction of sp³-hybridized carbons (Fsp3) is 0.167. The van der Waals surface area contributed by atoms with Crippen molar-refractivity contribution in [3.63, 3.8) is 0 Å². The second kappa shape index (κ2) is 5.33. The van der Waals surface area contributed by atoms with Gasteiger partial charge in [-0.1, -0.05) is 0 Å². The molecule has 2 aromatic rings. The van der Waals surface area contributed by atoms with E-state index in [0.29, 0.717) is 0 Å². The number of pyridine rings is 2. The molecule has 0 bridgehead atoms. The molecule has 2 N–H and O–H groups in total. The van der Waals surface area contributed by atoms with Crippen molar-refractivity contribution in [1.82, 2.24) is 14.7 Å². The lowest BCUT2D eigenvalue weighted by Crippen LogP contribution is -2.24. The summed E-state index contributed by atoms with van der Waals surface area (Å²) in [4.78, 5) is 17.2. The van der Waals surface area contributed by atoms with Crippen LogP contribution in [-0.2, 0) is 16.6 Å². The number of hydrogen-bond donors (Lipinski definition) is 2. The minimum atomic E-state index is -3.64. The van der Waals surface area contributed by atoms with Crippen LogP contribution in [0.3, 0.4) is 0 Å². The molecular weight excluding hydrogens is 266 g/mol. The van der Waals surface area contributed by atoms with Gasteiger partial charge in [-0.05, 0) is 30.2 Å². The molecule has 0 atom stereocenters. The molecule has 6 nitrogen and oxygen atoms in total. The molecule has 7 heteroatoms. The van der Waals surface area contributed by atoms with Gasteiger partial charge in [0.2, 0.25) is 15.6 Å². The summed E-state index contributed by atoms with van der Waals surface area (Å²) in [5.74, 6) is 0. The lowest BCUT2D eigenvalue weighted by molar-refractivity contribution is 0.580. The summed E-state index contributed by atoms with van der Waals surface area (Å²) in [5.41, 5.74) is 1.41. The Morgan fingerprint density at radius 3 is 2.74 bits per heavy atom. The predicted molar refractivity (Wildman–Crippen MR) is 70.1 cm³/mol. The van der Waals surface area contributed by atoms with Crippen molar-refractivity contribution in [2.45, 2.75) is 18.4 Å². The van der Waals surface area contributed by atoms with E-state index >= 15 is 0 Å². The Kier molecular flexibility index (Phi) is 3.77. The van der Waals surface area contributed by atoms with Gasteiger partial charge in [0.05, 0.1) is 4.90 Å². The van der Waals surface area contributed by atoms with Crippen LogP contribution in [0.1, 0.15) is 11.1 Å². The summed E-state index contributed by atoms with van der Waals surface area (Å²) in [7, 11) is -3.64. The molecule has 2 heterocycles. The van der Waals surface area contributed by atoms with Gasteiger partial charge in [0.1, 0.15) is 0 Å². The largest absolute Gasteiger partial charge is 0.328 e. The van der Waals surface area contributed by atoms with E-state index in [1.165, 1.54) is 18.3 Å². The van der Waals surface area contributed by atoms with Crippen LogP contribution in [0.15, 0.2) is 46.5 Å². The Balaban J connectivity index is 2.17. The van der Waals surface area contributed by atoms with Crippen molar-refractivity contribution < 1.29 is 8.42 Å². The van der Waals surface area contributed by atoms with Crippen LogP contribution in [0.2, 0.25) is 0 Å². The van der Waals surface area contributed by atoms with E-state index in [1.807, 2.05) is 13.0 Å². The Morgan fingerprint density at radius 1 is 1.32 bits per heavy atom. The number of aromatic nitrogens is 2. The molecule has 0 aromatic carbocycles. The van der Waals surface area contributed by atoms with Gasteiger partial charge in [-0.25, -0.2) is 13.1 Å². The minimum absolute atomic E-state index is 0.0219. The van der Waals surface area contributed by atoms with Crippen LogP contribution in [0, 0.1) is 6.92 Å². The van der Waals surface area contributed by atoms with Crippen LogP contribution in [0.25, 0.3) is 0 Å². The normalized spacial score (nSPS) is 11.4. The van der Waals surface area contributed by atoms with Crippen molar-refractivity contribution >= 4 is 10.0 Å². The number of nitrogens with one attached hydrogen (secondary N) is 2. The molecule has 19 heavy (non-hydrogen) atoms. The van der Waals surface area contributed by atoms with Crippen LogP contribution in [-0.4, -0.2) is 18.4 Å². The first kappa shape index (κ1) is 13.4. The maximum Gasteiger partial charge on any atom is 0.247 e. The Morgan fingerprint density at radius 2 is 2.11 bits per heavy atom. The fourth-order valence-corrected chi connectivity index (χ4v) is 2.47. The molecule has 0 aliphatic heterocycles. The molecule has 0 radical (unpaired) electrons. The third kappa shape index (κ3) is 3.27. The third-order valence-corrected chi connectivity index (χ3v) is 4.06. The zero-order valence-corrected chi connectivity index (χ0v) is 11.1. The van der Waals surface area contributed by atoms with E-state index in [2.05, 4.69) is 14.7 Å². The van der Waals surface area contributed by atoms with E-state index in [4.69, 9.17) is 0 Å². The first-order chi connectivity index (χ1) is 8.99. The van der Waals surface area contributed by atoms with Gasteiger partial charge in [-0.15, -0.1) is 0 Å². The highest BCUT2D eigenvalue weighted by atomic mass is 32.2. The van der Waals surface area contributed by atoms with Crippen molar-refractivity contribution in [3.8, 4) is 0 Å². The second-order valence-corrected chi connectivity index (χ2v) is 5.78. The Hall–Kier alpha value is -1.99. The molecule has 0 fully saturated rings. The van der Waals surface area contributed by atoms with Crippen molar-refractivity contribution in [2.24, 2.45) is 0 Å². The molecule has 0 spiro atoms. The predicted octanol–water partition coefficient (Wildman–Crippen LogP) is 0.557. The highest BCUT2D eigenvalue weighted by Gasteiger charge is 2.14. The summed E-state index contributed by atoms with van der Waals surface area (Å²) in [5, 5.41) is 0. The molecule has 100 valence electrons. The summed E-state index contributed by atoms with van der Waals surface area (Å²) < 4.78 is 26.4.